The predicted octanol–water partition coefficient (Wildman–Crippen LogP) is -0.712. The minimum absolute atomic E-state index is 0.0257. The minimum atomic E-state index is -1.58. The lowest BCUT2D eigenvalue weighted by Gasteiger charge is -2.26. The van der Waals surface area contributed by atoms with Crippen LogP contribution in [0.15, 0.2) is 36.8 Å². The standard InChI is InChI=1S/C25H34N6O8/c1-3-13(2)21(25(38)39)31-24(37)18(8-14-4-6-16(32)7-5-14)30-23(36)19(10-20(33)34)29-22(35)17(26)9-15-11-27-12-28-15/h4-7,11-13,17-19,21,32H,3,8-10,26H2,1-2H3,(H,27,28)(H,29,35)(H,30,36)(H,31,37)(H,33,34)(H,38,39). The second kappa shape index (κ2) is 14.5. The summed E-state index contributed by atoms with van der Waals surface area (Å²) < 4.78 is 0. The number of aromatic amines is 1. The number of carboxylic acids is 2. The first kappa shape index (κ1) is 30.8. The van der Waals surface area contributed by atoms with Crippen LogP contribution in [0.4, 0.5) is 0 Å². The molecular weight excluding hydrogens is 512 g/mol. The van der Waals surface area contributed by atoms with Crippen molar-refractivity contribution >= 4 is 29.7 Å². The summed E-state index contributed by atoms with van der Waals surface area (Å²) in [5.74, 6) is -5.69. The van der Waals surface area contributed by atoms with Crippen LogP contribution in [0.1, 0.15) is 37.9 Å². The maximum absolute atomic E-state index is 13.2. The van der Waals surface area contributed by atoms with Crippen LogP contribution in [-0.2, 0) is 36.8 Å². The Kier molecular flexibility index (Phi) is 11.4. The molecule has 1 heterocycles. The summed E-state index contributed by atoms with van der Waals surface area (Å²) >= 11 is 0. The van der Waals surface area contributed by atoms with Crippen molar-refractivity contribution in [2.24, 2.45) is 11.7 Å². The number of hydrogen-bond acceptors (Lipinski definition) is 8. The van der Waals surface area contributed by atoms with Gasteiger partial charge in [0.2, 0.25) is 17.7 Å². The van der Waals surface area contributed by atoms with Gasteiger partial charge >= 0.3 is 11.9 Å². The zero-order chi connectivity index (χ0) is 29.1. The maximum atomic E-state index is 13.2. The van der Waals surface area contributed by atoms with Gasteiger partial charge in [0, 0.05) is 24.7 Å². The highest BCUT2D eigenvalue weighted by Crippen LogP contribution is 2.13. The molecule has 212 valence electrons. The SMILES string of the molecule is CCC(C)C(NC(=O)C(Cc1ccc(O)cc1)NC(=O)C(CC(=O)O)NC(=O)C(N)Cc1cnc[nH]1)C(=O)O. The zero-order valence-electron chi connectivity index (χ0n) is 21.6. The monoisotopic (exact) mass is 546 g/mol. The average molecular weight is 547 g/mol. The first-order valence-corrected chi connectivity index (χ1v) is 12.3. The summed E-state index contributed by atoms with van der Waals surface area (Å²) in [6, 6.07) is 0.489. The molecule has 1 aromatic heterocycles. The first-order chi connectivity index (χ1) is 18.4. The Morgan fingerprint density at radius 1 is 0.949 bits per heavy atom. The van der Waals surface area contributed by atoms with Gasteiger partial charge in [0.25, 0.3) is 0 Å². The Labute approximate surface area is 224 Å². The van der Waals surface area contributed by atoms with E-state index in [1.165, 1.54) is 36.8 Å². The lowest BCUT2D eigenvalue weighted by atomic mass is 9.98. The lowest BCUT2D eigenvalue weighted by Crippen LogP contribution is -2.58. The molecule has 3 amide bonds. The van der Waals surface area contributed by atoms with E-state index in [0.29, 0.717) is 17.7 Å². The van der Waals surface area contributed by atoms with E-state index in [1.54, 1.807) is 13.8 Å². The molecule has 9 N–H and O–H groups in total. The number of phenols is 1. The number of hydrogen-bond donors (Lipinski definition) is 8. The van der Waals surface area contributed by atoms with Crippen LogP contribution >= 0.6 is 0 Å². The maximum Gasteiger partial charge on any atom is 0.326 e. The number of imidazole rings is 1. The van der Waals surface area contributed by atoms with Crippen LogP contribution < -0.4 is 21.7 Å². The van der Waals surface area contributed by atoms with Crippen molar-refractivity contribution in [3.8, 4) is 5.75 Å². The van der Waals surface area contributed by atoms with Gasteiger partial charge < -0.3 is 42.0 Å². The van der Waals surface area contributed by atoms with Crippen LogP contribution in [0.3, 0.4) is 0 Å². The highest BCUT2D eigenvalue weighted by molar-refractivity contribution is 5.95. The molecule has 0 saturated heterocycles. The molecule has 39 heavy (non-hydrogen) atoms. The summed E-state index contributed by atoms with van der Waals surface area (Å²) in [5.41, 5.74) is 6.97. The molecule has 0 spiro atoms. The number of benzene rings is 1. The number of aromatic hydroxyl groups is 1. The van der Waals surface area contributed by atoms with Crippen LogP contribution in [0, 0.1) is 5.92 Å². The van der Waals surface area contributed by atoms with Gasteiger partial charge in [-0.3, -0.25) is 19.2 Å². The number of nitrogens with two attached hydrogens (primary N) is 1. The van der Waals surface area contributed by atoms with Crippen LogP contribution in [0.5, 0.6) is 5.75 Å². The Bertz CT molecular complexity index is 1140. The molecular formula is C25H34N6O8. The topological polar surface area (TPSA) is 237 Å². The van der Waals surface area contributed by atoms with E-state index in [2.05, 4.69) is 25.9 Å². The van der Waals surface area contributed by atoms with Gasteiger partial charge in [0.15, 0.2) is 0 Å². The fourth-order valence-electron chi connectivity index (χ4n) is 3.67. The third kappa shape index (κ3) is 9.74. The number of carbonyl (C=O) groups is 5. The van der Waals surface area contributed by atoms with Gasteiger partial charge in [-0.2, -0.15) is 0 Å². The van der Waals surface area contributed by atoms with Crippen molar-refractivity contribution in [1.29, 1.82) is 0 Å². The van der Waals surface area contributed by atoms with Gasteiger partial charge in [-0.1, -0.05) is 32.4 Å². The summed E-state index contributed by atoms with van der Waals surface area (Å²) in [6.45, 7) is 3.41. The molecule has 0 bridgehead atoms. The van der Waals surface area contributed by atoms with E-state index in [0.717, 1.165) is 0 Å². The number of aromatic nitrogens is 2. The third-order valence-electron chi connectivity index (χ3n) is 6.13. The fraction of sp³-hybridized carbons (Fsp3) is 0.440. The summed E-state index contributed by atoms with van der Waals surface area (Å²) in [5, 5.41) is 35.6. The summed E-state index contributed by atoms with van der Waals surface area (Å²) in [6.07, 6.45) is 2.45. The Hall–Kier alpha value is -4.46. The molecule has 1 aromatic carbocycles. The first-order valence-electron chi connectivity index (χ1n) is 12.3. The van der Waals surface area contributed by atoms with Crippen LogP contribution in [-0.4, -0.2) is 79.1 Å². The average Bonchev–Trinajstić information content (AvgIpc) is 3.39. The van der Waals surface area contributed by atoms with Gasteiger partial charge in [-0.25, -0.2) is 9.78 Å². The van der Waals surface area contributed by atoms with E-state index < -0.39 is 66.2 Å². The molecule has 0 radical (unpaired) electrons. The number of carbonyl (C=O) groups excluding carboxylic acids is 3. The summed E-state index contributed by atoms with van der Waals surface area (Å²) in [7, 11) is 0. The highest BCUT2D eigenvalue weighted by Gasteiger charge is 2.33. The second-order valence-electron chi connectivity index (χ2n) is 9.19. The van der Waals surface area contributed by atoms with Crippen molar-refractivity contribution in [2.45, 2.75) is 63.7 Å². The molecule has 5 unspecified atom stereocenters. The van der Waals surface area contributed by atoms with E-state index >= 15 is 0 Å². The molecule has 0 aliphatic rings. The van der Waals surface area contributed by atoms with E-state index in [4.69, 9.17) is 5.73 Å². The Morgan fingerprint density at radius 2 is 1.56 bits per heavy atom. The minimum Gasteiger partial charge on any atom is -0.508 e. The van der Waals surface area contributed by atoms with Crippen molar-refractivity contribution in [1.82, 2.24) is 25.9 Å². The normalized spacial score (nSPS) is 14.7. The quantitative estimate of drug-likeness (QED) is 0.140. The zero-order valence-corrected chi connectivity index (χ0v) is 21.6. The molecule has 2 rings (SSSR count). The van der Waals surface area contributed by atoms with Crippen molar-refractivity contribution in [3.05, 3.63) is 48.0 Å². The van der Waals surface area contributed by atoms with Crippen molar-refractivity contribution < 1.29 is 39.3 Å². The smallest absolute Gasteiger partial charge is 0.326 e. The van der Waals surface area contributed by atoms with Gasteiger partial charge in [0.1, 0.15) is 23.9 Å². The number of phenolic OH excluding ortho intramolecular Hbond substituents is 1. The van der Waals surface area contributed by atoms with Gasteiger partial charge in [-0.15, -0.1) is 0 Å². The van der Waals surface area contributed by atoms with E-state index in [1.807, 2.05) is 0 Å². The van der Waals surface area contributed by atoms with Crippen LogP contribution in [0.25, 0.3) is 0 Å². The third-order valence-corrected chi connectivity index (χ3v) is 6.13. The van der Waals surface area contributed by atoms with Gasteiger partial charge in [-0.05, 0) is 23.6 Å². The van der Waals surface area contributed by atoms with Gasteiger partial charge in [0.05, 0.1) is 18.8 Å². The summed E-state index contributed by atoms with van der Waals surface area (Å²) in [4.78, 5) is 68.7. The largest absolute Gasteiger partial charge is 0.508 e. The van der Waals surface area contributed by atoms with Crippen molar-refractivity contribution in [2.75, 3.05) is 0 Å². The number of amides is 3. The Balaban J connectivity index is 2.24. The molecule has 0 saturated carbocycles. The predicted molar refractivity (Wildman–Crippen MR) is 137 cm³/mol. The molecule has 0 fully saturated rings. The number of aliphatic carboxylic acids is 2. The molecule has 14 nitrogen and oxygen atoms in total. The molecule has 5 atom stereocenters. The number of carboxylic acid groups (broad SMARTS) is 2. The molecule has 2 aromatic rings. The molecule has 14 heteroatoms. The highest BCUT2D eigenvalue weighted by atomic mass is 16.4. The number of nitrogens with zero attached hydrogens (tertiary/aromatic N) is 1. The fourth-order valence-corrected chi connectivity index (χ4v) is 3.67. The molecule has 0 aliphatic carbocycles. The Morgan fingerprint density at radius 3 is 2.10 bits per heavy atom. The van der Waals surface area contributed by atoms with Crippen LogP contribution in [0.2, 0.25) is 0 Å². The molecule has 0 aliphatic heterocycles. The van der Waals surface area contributed by atoms with E-state index in [9.17, 15) is 39.3 Å². The number of nitrogens with one attached hydrogen (secondary N) is 4. The number of rotatable bonds is 15. The second-order valence-corrected chi connectivity index (χ2v) is 9.19. The van der Waals surface area contributed by atoms with Crippen molar-refractivity contribution in [3.63, 3.8) is 0 Å². The van der Waals surface area contributed by atoms with E-state index in [-0.39, 0.29) is 18.6 Å². The number of H-pyrrole nitrogens is 1. The lowest BCUT2D eigenvalue weighted by molar-refractivity contribution is -0.144.